The van der Waals surface area contributed by atoms with Crippen LogP contribution in [-0.2, 0) is 17.6 Å². The SMILES string of the molecule is O=C(COc1ccc2c(c1)CCCC2)N/N=C/c1ccc(O)cc1. The molecule has 0 bridgehead atoms. The molecule has 0 radical (unpaired) electrons. The average Bonchev–Trinajstić information content (AvgIpc) is 2.61. The van der Waals surface area contributed by atoms with Crippen molar-refractivity contribution in [3.05, 3.63) is 59.2 Å². The first-order chi connectivity index (χ1) is 11.7. The van der Waals surface area contributed by atoms with Crippen LogP contribution in [0.5, 0.6) is 11.5 Å². The number of aryl methyl sites for hydroxylation is 2. The Hall–Kier alpha value is -2.82. The van der Waals surface area contributed by atoms with Gasteiger partial charge in [0.15, 0.2) is 6.61 Å². The van der Waals surface area contributed by atoms with E-state index in [2.05, 4.69) is 16.6 Å². The molecule has 124 valence electrons. The Morgan fingerprint density at radius 1 is 1.12 bits per heavy atom. The lowest BCUT2D eigenvalue weighted by molar-refractivity contribution is -0.123. The molecule has 0 spiro atoms. The molecule has 0 aliphatic heterocycles. The predicted octanol–water partition coefficient (Wildman–Crippen LogP) is 2.80. The number of hydrazone groups is 1. The van der Waals surface area contributed by atoms with Crippen LogP contribution < -0.4 is 10.2 Å². The molecule has 3 rings (SSSR count). The predicted molar refractivity (Wildman–Crippen MR) is 92.4 cm³/mol. The van der Waals surface area contributed by atoms with Gasteiger partial charge < -0.3 is 9.84 Å². The lowest BCUT2D eigenvalue weighted by atomic mass is 9.92. The Kier molecular flexibility index (Phi) is 5.11. The van der Waals surface area contributed by atoms with Crippen molar-refractivity contribution >= 4 is 12.1 Å². The molecule has 5 heteroatoms. The summed E-state index contributed by atoms with van der Waals surface area (Å²) in [6.07, 6.45) is 6.17. The summed E-state index contributed by atoms with van der Waals surface area (Å²) in [6.45, 7) is -0.0777. The van der Waals surface area contributed by atoms with Crippen molar-refractivity contribution < 1.29 is 14.6 Å². The largest absolute Gasteiger partial charge is 0.508 e. The Morgan fingerprint density at radius 2 is 1.88 bits per heavy atom. The van der Waals surface area contributed by atoms with Crippen LogP contribution in [0, 0.1) is 0 Å². The third-order valence-electron chi connectivity index (χ3n) is 3.99. The Balaban J connectivity index is 1.48. The van der Waals surface area contributed by atoms with Crippen molar-refractivity contribution in [2.45, 2.75) is 25.7 Å². The molecule has 24 heavy (non-hydrogen) atoms. The van der Waals surface area contributed by atoms with Crippen molar-refractivity contribution in [3.8, 4) is 11.5 Å². The molecule has 0 saturated heterocycles. The van der Waals surface area contributed by atoms with E-state index in [1.54, 1.807) is 24.3 Å². The maximum Gasteiger partial charge on any atom is 0.277 e. The van der Waals surface area contributed by atoms with Gasteiger partial charge in [0.05, 0.1) is 6.21 Å². The van der Waals surface area contributed by atoms with E-state index in [1.165, 1.54) is 30.2 Å². The summed E-state index contributed by atoms with van der Waals surface area (Å²) in [5, 5.41) is 13.1. The van der Waals surface area contributed by atoms with E-state index in [1.807, 2.05) is 12.1 Å². The molecule has 0 aromatic heterocycles. The monoisotopic (exact) mass is 324 g/mol. The standard InChI is InChI=1S/C19H20N2O3/c22-17-8-5-14(6-9-17)12-20-21-19(23)13-24-18-10-7-15-3-1-2-4-16(15)11-18/h5-12,22H,1-4,13H2,(H,21,23)/b20-12+. The molecule has 0 saturated carbocycles. The van der Waals surface area contributed by atoms with Crippen LogP contribution in [0.4, 0.5) is 0 Å². The van der Waals surface area contributed by atoms with Gasteiger partial charge in [-0.3, -0.25) is 4.79 Å². The molecule has 5 nitrogen and oxygen atoms in total. The number of amides is 1. The number of nitrogens with zero attached hydrogens (tertiary/aromatic N) is 1. The number of fused-ring (bicyclic) bond motifs is 1. The van der Waals surface area contributed by atoms with E-state index in [0.717, 1.165) is 18.4 Å². The van der Waals surface area contributed by atoms with Crippen LogP contribution in [0.15, 0.2) is 47.6 Å². The first-order valence-corrected chi connectivity index (χ1v) is 8.06. The number of phenols is 1. The van der Waals surface area contributed by atoms with E-state index in [0.29, 0.717) is 5.75 Å². The lowest BCUT2D eigenvalue weighted by Gasteiger charge is -2.16. The molecule has 0 heterocycles. The highest BCUT2D eigenvalue weighted by Crippen LogP contribution is 2.25. The van der Waals surface area contributed by atoms with Gasteiger partial charge in [-0.25, -0.2) is 5.43 Å². The van der Waals surface area contributed by atoms with Crippen molar-refractivity contribution in [1.82, 2.24) is 5.43 Å². The zero-order chi connectivity index (χ0) is 16.8. The van der Waals surface area contributed by atoms with Gasteiger partial charge in [0.25, 0.3) is 5.91 Å². The molecular formula is C19H20N2O3. The third kappa shape index (κ3) is 4.35. The number of hydrogen-bond donors (Lipinski definition) is 2. The molecule has 2 N–H and O–H groups in total. The zero-order valence-electron chi connectivity index (χ0n) is 13.4. The summed E-state index contributed by atoms with van der Waals surface area (Å²) in [6, 6.07) is 12.6. The molecule has 0 atom stereocenters. The minimum atomic E-state index is -0.317. The van der Waals surface area contributed by atoms with Gasteiger partial charge in [0, 0.05) is 0 Å². The fourth-order valence-electron chi connectivity index (χ4n) is 2.72. The molecule has 2 aromatic rings. The summed E-state index contributed by atoms with van der Waals surface area (Å²) in [5.74, 6) is 0.589. The molecule has 1 aliphatic carbocycles. The highest BCUT2D eigenvalue weighted by molar-refractivity contribution is 5.83. The lowest BCUT2D eigenvalue weighted by Crippen LogP contribution is -2.24. The van der Waals surface area contributed by atoms with Crippen molar-refractivity contribution in [3.63, 3.8) is 0 Å². The summed E-state index contributed by atoms with van der Waals surface area (Å²) in [7, 11) is 0. The Labute approximate surface area is 141 Å². The number of aromatic hydroxyl groups is 1. The van der Waals surface area contributed by atoms with Gasteiger partial charge in [-0.05, 0) is 78.8 Å². The number of benzene rings is 2. The summed E-state index contributed by atoms with van der Waals surface area (Å²) in [5.41, 5.74) is 5.91. The summed E-state index contributed by atoms with van der Waals surface area (Å²) >= 11 is 0. The zero-order valence-corrected chi connectivity index (χ0v) is 13.4. The molecule has 0 unspecified atom stereocenters. The normalized spacial score (nSPS) is 13.5. The molecular weight excluding hydrogens is 304 g/mol. The van der Waals surface area contributed by atoms with Crippen molar-refractivity contribution in [2.24, 2.45) is 5.10 Å². The maximum atomic E-state index is 11.8. The van der Waals surface area contributed by atoms with E-state index in [-0.39, 0.29) is 18.3 Å². The molecule has 1 aliphatic rings. The highest BCUT2D eigenvalue weighted by Gasteiger charge is 2.10. The smallest absolute Gasteiger partial charge is 0.277 e. The number of carbonyl (C=O) groups excluding carboxylic acids is 1. The number of ether oxygens (including phenoxy) is 1. The first kappa shape index (κ1) is 16.1. The molecule has 1 amide bonds. The van der Waals surface area contributed by atoms with Gasteiger partial charge >= 0.3 is 0 Å². The van der Waals surface area contributed by atoms with E-state index in [4.69, 9.17) is 4.74 Å². The topological polar surface area (TPSA) is 70.9 Å². The van der Waals surface area contributed by atoms with Crippen molar-refractivity contribution in [2.75, 3.05) is 6.61 Å². The average molecular weight is 324 g/mol. The summed E-state index contributed by atoms with van der Waals surface area (Å²) in [4.78, 5) is 11.8. The van der Waals surface area contributed by atoms with Crippen LogP contribution in [0.1, 0.15) is 29.5 Å². The minimum Gasteiger partial charge on any atom is -0.508 e. The van der Waals surface area contributed by atoms with Crippen LogP contribution in [-0.4, -0.2) is 23.8 Å². The molecule has 0 fully saturated rings. The van der Waals surface area contributed by atoms with Crippen LogP contribution in [0.3, 0.4) is 0 Å². The van der Waals surface area contributed by atoms with E-state index < -0.39 is 0 Å². The fraction of sp³-hybridized carbons (Fsp3) is 0.263. The quantitative estimate of drug-likeness (QED) is 0.656. The second kappa shape index (κ2) is 7.64. The number of rotatable bonds is 5. The summed E-state index contributed by atoms with van der Waals surface area (Å²) < 4.78 is 5.53. The van der Waals surface area contributed by atoms with Gasteiger partial charge in [0.2, 0.25) is 0 Å². The van der Waals surface area contributed by atoms with Crippen LogP contribution in [0.25, 0.3) is 0 Å². The van der Waals surface area contributed by atoms with Crippen molar-refractivity contribution in [1.29, 1.82) is 0 Å². The third-order valence-corrected chi connectivity index (χ3v) is 3.99. The fourth-order valence-corrected chi connectivity index (χ4v) is 2.72. The highest BCUT2D eigenvalue weighted by atomic mass is 16.5. The van der Waals surface area contributed by atoms with Crippen LogP contribution >= 0.6 is 0 Å². The number of carbonyl (C=O) groups is 1. The van der Waals surface area contributed by atoms with E-state index >= 15 is 0 Å². The van der Waals surface area contributed by atoms with Gasteiger partial charge in [-0.2, -0.15) is 5.10 Å². The minimum absolute atomic E-state index is 0.0777. The molecule has 2 aromatic carbocycles. The second-order valence-electron chi connectivity index (χ2n) is 5.81. The van der Waals surface area contributed by atoms with E-state index in [9.17, 15) is 9.90 Å². The number of phenolic OH excluding ortho intramolecular Hbond substituents is 1. The second-order valence-corrected chi connectivity index (χ2v) is 5.81. The Morgan fingerprint density at radius 3 is 2.67 bits per heavy atom. The van der Waals surface area contributed by atoms with Gasteiger partial charge in [-0.15, -0.1) is 0 Å². The first-order valence-electron chi connectivity index (χ1n) is 8.06. The van der Waals surface area contributed by atoms with Gasteiger partial charge in [0.1, 0.15) is 11.5 Å². The number of hydrogen-bond acceptors (Lipinski definition) is 4. The Bertz CT molecular complexity index is 739. The van der Waals surface area contributed by atoms with Gasteiger partial charge in [-0.1, -0.05) is 6.07 Å². The maximum absolute atomic E-state index is 11.8. The van der Waals surface area contributed by atoms with Crippen LogP contribution in [0.2, 0.25) is 0 Å². The number of nitrogens with one attached hydrogen (secondary N) is 1.